The highest BCUT2D eigenvalue weighted by Crippen LogP contribution is 2.49. The number of benzene rings is 2. The number of para-hydroxylation sites is 1. The lowest BCUT2D eigenvalue weighted by atomic mass is 10.2. The first-order valence-corrected chi connectivity index (χ1v) is 13.0. The van der Waals surface area contributed by atoms with Gasteiger partial charge in [-0.2, -0.15) is 0 Å². The predicted octanol–water partition coefficient (Wildman–Crippen LogP) is 6.82. The highest BCUT2D eigenvalue weighted by atomic mass is 35.5. The predicted molar refractivity (Wildman–Crippen MR) is 138 cm³/mol. The van der Waals surface area contributed by atoms with Crippen LogP contribution in [0.3, 0.4) is 0 Å². The Kier molecular flexibility index (Phi) is 6.14. The molecule has 1 fully saturated rings. The van der Waals surface area contributed by atoms with Crippen LogP contribution in [0.1, 0.15) is 11.3 Å². The van der Waals surface area contributed by atoms with Crippen molar-refractivity contribution in [3.8, 4) is 0 Å². The molecule has 2 aliphatic heterocycles. The third kappa shape index (κ3) is 4.13. The second-order valence-electron chi connectivity index (χ2n) is 7.01. The van der Waals surface area contributed by atoms with Gasteiger partial charge in [-0.1, -0.05) is 65.5 Å². The molecule has 0 spiro atoms. The molecule has 0 saturated carbocycles. The van der Waals surface area contributed by atoms with Gasteiger partial charge in [0.05, 0.1) is 16.3 Å². The van der Waals surface area contributed by atoms with Crippen molar-refractivity contribution in [3.63, 3.8) is 0 Å². The summed E-state index contributed by atoms with van der Waals surface area (Å²) in [6.07, 6.45) is 1.99. The van der Waals surface area contributed by atoms with Crippen molar-refractivity contribution in [3.05, 3.63) is 74.8 Å². The van der Waals surface area contributed by atoms with Gasteiger partial charge in [-0.25, -0.2) is 0 Å². The van der Waals surface area contributed by atoms with Gasteiger partial charge in [0.15, 0.2) is 0 Å². The summed E-state index contributed by atoms with van der Waals surface area (Å²) in [6.45, 7) is 0.229. The molecule has 1 aromatic heterocycles. The number of anilines is 2. The average molecular weight is 515 g/mol. The van der Waals surface area contributed by atoms with Crippen molar-refractivity contribution in [1.29, 1.82) is 0 Å². The molecular formula is C23H15ClN2O2S4. The number of hydrogen-bond acceptors (Lipinski definition) is 6. The fourth-order valence-corrected chi connectivity index (χ4v) is 6.75. The van der Waals surface area contributed by atoms with Gasteiger partial charge in [0, 0.05) is 32.7 Å². The molecule has 0 aliphatic carbocycles. The van der Waals surface area contributed by atoms with E-state index in [4.69, 9.17) is 23.8 Å². The summed E-state index contributed by atoms with van der Waals surface area (Å²) in [5.41, 5.74) is 1.58. The monoisotopic (exact) mass is 514 g/mol. The summed E-state index contributed by atoms with van der Waals surface area (Å²) in [7, 11) is 0. The van der Waals surface area contributed by atoms with Crippen LogP contribution in [-0.4, -0.2) is 27.6 Å². The molecule has 0 radical (unpaired) electrons. The van der Waals surface area contributed by atoms with Gasteiger partial charge in [-0.15, -0.1) is 11.3 Å². The lowest BCUT2D eigenvalue weighted by Crippen LogP contribution is -2.35. The Labute approximate surface area is 208 Å². The zero-order valence-electron chi connectivity index (χ0n) is 16.5. The van der Waals surface area contributed by atoms with Crippen LogP contribution in [0.4, 0.5) is 11.4 Å². The molecule has 0 N–H and O–H groups in total. The van der Waals surface area contributed by atoms with E-state index in [2.05, 4.69) is 0 Å². The number of fused-ring (bicyclic) bond motifs is 2. The number of thiocarbonyl (C=S) groups is 1. The van der Waals surface area contributed by atoms with E-state index in [0.29, 0.717) is 14.2 Å². The summed E-state index contributed by atoms with van der Waals surface area (Å²) in [5.74, 6) is -0.267. The first-order valence-electron chi connectivity index (χ1n) is 9.69. The van der Waals surface area contributed by atoms with E-state index in [-0.39, 0.29) is 24.8 Å². The maximum Gasteiger partial charge on any atom is 0.266 e. The van der Waals surface area contributed by atoms with E-state index >= 15 is 0 Å². The molecule has 0 unspecified atom stereocenters. The number of amides is 2. The molecule has 32 heavy (non-hydrogen) atoms. The van der Waals surface area contributed by atoms with E-state index in [1.165, 1.54) is 16.7 Å². The second kappa shape index (κ2) is 9.03. The molecule has 160 valence electrons. The van der Waals surface area contributed by atoms with E-state index in [1.54, 1.807) is 34.1 Å². The molecule has 2 aromatic carbocycles. The average Bonchev–Trinajstić information content (AvgIpc) is 3.38. The van der Waals surface area contributed by atoms with E-state index in [9.17, 15) is 9.59 Å². The van der Waals surface area contributed by atoms with Gasteiger partial charge in [-0.05, 0) is 47.9 Å². The highest BCUT2D eigenvalue weighted by Gasteiger charge is 2.34. The Morgan fingerprint density at radius 2 is 1.84 bits per heavy atom. The van der Waals surface area contributed by atoms with E-state index in [1.807, 2.05) is 60.0 Å². The van der Waals surface area contributed by atoms with Gasteiger partial charge in [0.1, 0.15) is 4.32 Å². The molecule has 3 heterocycles. The number of halogens is 1. The van der Waals surface area contributed by atoms with Crippen molar-refractivity contribution in [2.24, 2.45) is 0 Å². The molecule has 2 aliphatic rings. The molecule has 1 saturated heterocycles. The Morgan fingerprint density at radius 1 is 1.03 bits per heavy atom. The molecule has 4 nitrogen and oxygen atoms in total. The summed E-state index contributed by atoms with van der Waals surface area (Å²) in [6, 6.07) is 17.2. The normalized spacial score (nSPS) is 16.5. The largest absolute Gasteiger partial charge is 0.292 e. The summed E-state index contributed by atoms with van der Waals surface area (Å²) in [5, 5.41) is 2.53. The number of thiophene rings is 1. The van der Waals surface area contributed by atoms with Crippen molar-refractivity contribution in [2.45, 2.75) is 16.2 Å². The van der Waals surface area contributed by atoms with E-state index < -0.39 is 0 Å². The van der Waals surface area contributed by atoms with E-state index in [0.717, 1.165) is 26.0 Å². The lowest BCUT2D eigenvalue weighted by Gasteiger charge is -2.31. The van der Waals surface area contributed by atoms with Gasteiger partial charge >= 0.3 is 0 Å². The quantitative estimate of drug-likeness (QED) is 0.282. The first kappa shape index (κ1) is 21.7. The number of carbonyl (C=O) groups excluding carboxylic acids is 2. The van der Waals surface area contributed by atoms with Crippen LogP contribution in [-0.2, 0) is 9.59 Å². The smallest absolute Gasteiger partial charge is 0.266 e. The van der Waals surface area contributed by atoms with Gasteiger partial charge in [-0.3, -0.25) is 19.4 Å². The van der Waals surface area contributed by atoms with Crippen molar-refractivity contribution >= 4 is 92.3 Å². The standard InChI is InChI=1S/C23H15ClN2O2S4/c24-14-7-8-19-17(12-14)26(16-5-1-2-6-18(16)31-19)21(27)9-10-25-22(28)20(32-23(25)29)13-15-4-3-11-30-15/h1-8,11-13H,9-10H2/b20-13-. The highest BCUT2D eigenvalue weighted by molar-refractivity contribution is 8.26. The Morgan fingerprint density at radius 3 is 2.66 bits per heavy atom. The Balaban J connectivity index is 1.37. The van der Waals surface area contributed by atoms with Gasteiger partial charge in [0.2, 0.25) is 5.91 Å². The second-order valence-corrected chi connectivity index (χ2v) is 11.2. The number of carbonyl (C=O) groups is 2. The van der Waals surface area contributed by atoms with Crippen LogP contribution in [0, 0.1) is 0 Å². The molecular weight excluding hydrogens is 500 g/mol. The summed E-state index contributed by atoms with van der Waals surface area (Å²) >= 11 is 16.1. The third-order valence-electron chi connectivity index (χ3n) is 4.98. The molecule has 3 aromatic rings. The number of hydrogen-bond donors (Lipinski definition) is 0. The number of rotatable bonds is 4. The van der Waals surface area contributed by atoms with Crippen molar-refractivity contribution in [1.82, 2.24) is 4.90 Å². The third-order valence-corrected chi connectivity index (χ3v) is 8.54. The zero-order chi connectivity index (χ0) is 22.2. The minimum atomic E-state index is -0.153. The fourth-order valence-electron chi connectivity index (χ4n) is 3.51. The van der Waals surface area contributed by atoms with Crippen molar-refractivity contribution in [2.75, 3.05) is 11.4 Å². The van der Waals surface area contributed by atoms with Crippen LogP contribution in [0.2, 0.25) is 5.02 Å². The number of thioether (sulfide) groups is 1. The summed E-state index contributed by atoms with van der Waals surface area (Å²) in [4.78, 5) is 33.1. The molecule has 9 heteroatoms. The van der Waals surface area contributed by atoms with Crippen LogP contribution < -0.4 is 4.90 Å². The first-order chi connectivity index (χ1) is 15.5. The minimum absolute atomic E-state index is 0.113. The lowest BCUT2D eigenvalue weighted by molar-refractivity contribution is -0.123. The van der Waals surface area contributed by atoms with Gasteiger partial charge < -0.3 is 0 Å². The Hall–Kier alpha value is -2.10. The van der Waals surface area contributed by atoms with Gasteiger partial charge in [0.25, 0.3) is 5.91 Å². The SMILES string of the molecule is O=C1/C(=C/c2cccs2)SC(=S)N1CCC(=O)N1c2ccccc2Sc2ccc(Cl)cc21. The van der Waals surface area contributed by atoms with Crippen molar-refractivity contribution < 1.29 is 9.59 Å². The summed E-state index contributed by atoms with van der Waals surface area (Å²) < 4.78 is 0.476. The van der Waals surface area contributed by atoms with Crippen LogP contribution >= 0.6 is 58.7 Å². The maximum atomic E-state index is 13.4. The zero-order valence-corrected chi connectivity index (χ0v) is 20.5. The van der Waals surface area contributed by atoms with Crippen LogP contribution in [0.5, 0.6) is 0 Å². The molecule has 0 atom stereocenters. The number of nitrogens with zero attached hydrogens (tertiary/aromatic N) is 2. The Bertz CT molecular complexity index is 1270. The fraction of sp³-hybridized carbons (Fsp3) is 0.0870. The van der Waals surface area contributed by atoms with Crippen LogP contribution in [0.15, 0.2) is 74.7 Å². The molecule has 0 bridgehead atoms. The maximum absolute atomic E-state index is 13.4. The van der Waals surface area contributed by atoms with Crippen LogP contribution in [0.25, 0.3) is 6.08 Å². The topological polar surface area (TPSA) is 40.6 Å². The molecule has 5 rings (SSSR count). The molecule has 2 amide bonds. The minimum Gasteiger partial charge on any atom is -0.292 e.